The zero-order chi connectivity index (χ0) is 22.1. The van der Waals surface area contributed by atoms with Gasteiger partial charge >= 0.3 is 6.03 Å². The van der Waals surface area contributed by atoms with Gasteiger partial charge < -0.3 is 0 Å². The summed E-state index contributed by atoms with van der Waals surface area (Å²) in [7, 11) is 0. The minimum atomic E-state index is -0.321. The van der Waals surface area contributed by atoms with Crippen molar-refractivity contribution in [2.45, 2.75) is 6.92 Å². The second-order valence-electron chi connectivity index (χ2n) is 7.39. The molecule has 8 heteroatoms. The highest BCUT2D eigenvalue weighted by molar-refractivity contribution is 7.13. The average Bonchev–Trinajstić information content (AvgIpc) is 3.47. The van der Waals surface area contributed by atoms with Crippen LogP contribution in [0.1, 0.15) is 5.56 Å². The molecule has 0 atom stereocenters. The molecule has 32 heavy (non-hydrogen) atoms. The van der Waals surface area contributed by atoms with Crippen LogP contribution in [0.4, 0.5) is 37.1 Å². The Morgan fingerprint density at radius 2 is 1.62 bits per heavy atom. The van der Waals surface area contributed by atoms with E-state index in [-0.39, 0.29) is 11.8 Å². The van der Waals surface area contributed by atoms with E-state index in [1.165, 1.54) is 12.1 Å². The molecule has 0 N–H and O–H groups in total. The second-order valence-corrected chi connectivity index (χ2v) is 8.26. The van der Waals surface area contributed by atoms with E-state index >= 15 is 0 Å². The van der Waals surface area contributed by atoms with Crippen LogP contribution in [0, 0.1) is 12.7 Å². The molecule has 1 aliphatic heterocycles. The van der Waals surface area contributed by atoms with Gasteiger partial charge in [-0.3, -0.25) is 19.7 Å². The molecule has 2 aromatic heterocycles. The first kappa shape index (κ1) is 20.1. The Morgan fingerprint density at radius 1 is 0.938 bits per heavy atom. The van der Waals surface area contributed by atoms with Crippen molar-refractivity contribution in [3.63, 3.8) is 0 Å². The van der Waals surface area contributed by atoms with Gasteiger partial charge in [0.25, 0.3) is 0 Å². The molecule has 6 nitrogen and oxygen atoms in total. The monoisotopic (exact) mass is 445 g/mol. The number of rotatable bonds is 5. The first-order chi connectivity index (χ1) is 15.6. The summed E-state index contributed by atoms with van der Waals surface area (Å²) in [6, 6.07) is 15.7. The maximum atomic E-state index is 13.3. The fourth-order valence-electron chi connectivity index (χ4n) is 3.82. The third-order valence-corrected chi connectivity index (χ3v) is 6.18. The summed E-state index contributed by atoms with van der Waals surface area (Å²) in [6.07, 6.45) is 5.28. The highest BCUT2D eigenvalue weighted by atomic mass is 32.1. The van der Waals surface area contributed by atoms with Crippen LogP contribution in [0.3, 0.4) is 0 Å². The topological polar surface area (TPSA) is 52.6 Å². The van der Waals surface area contributed by atoms with Gasteiger partial charge in [-0.2, -0.15) is 0 Å². The Kier molecular flexibility index (Phi) is 5.28. The summed E-state index contributed by atoms with van der Waals surface area (Å²) in [5.74, 6) is -0.321. The van der Waals surface area contributed by atoms with Gasteiger partial charge in [0.2, 0.25) is 0 Å². The molecule has 0 bridgehead atoms. The molecule has 0 saturated carbocycles. The molecular weight excluding hydrogens is 425 g/mol. The number of thiazole rings is 1. The van der Waals surface area contributed by atoms with Crippen molar-refractivity contribution in [1.29, 1.82) is 0 Å². The summed E-state index contributed by atoms with van der Waals surface area (Å²) in [5.41, 5.74) is 4.43. The van der Waals surface area contributed by atoms with Crippen molar-refractivity contribution >= 4 is 45.2 Å². The summed E-state index contributed by atoms with van der Waals surface area (Å²) < 4.78 is 13.3. The average molecular weight is 446 g/mol. The lowest BCUT2D eigenvalue weighted by Gasteiger charge is -2.26. The second kappa shape index (κ2) is 8.39. The van der Waals surface area contributed by atoms with Gasteiger partial charge in [0, 0.05) is 48.4 Å². The van der Waals surface area contributed by atoms with Gasteiger partial charge in [-0.1, -0.05) is 6.07 Å². The van der Waals surface area contributed by atoms with Gasteiger partial charge in [0.15, 0.2) is 5.13 Å². The third-order valence-electron chi connectivity index (χ3n) is 5.42. The van der Waals surface area contributed by atoms with E-state index in [0.29, 0.717) is 18.8 Å². The first-order valence-corrected chi connectivity index (χ1v) is 11.0. The number of aryl methyl sites for hydroxylation is 1. The molecule has 5 rings (SSSR count). The SMILES string of the molecule is Cc1ccc(N2CCN(c3ccc(F)cc3)C2=O)cc1N(c1ccncc1)c1nccs1. The minimum absolute atomic E-state index is 0.129. The largest absolute Gasteiger partial charge is 0.329 e. The predicted octanol–water partition coefficient (Wildman–Crippen LogP) is 5.90. The summed E-state index contributed by atoms with van der Waals surface area (Å²) in [4.78, 5) is 27.3. The number of carbonyl (C=O) groups excluding carboxylic acids is 1. The molecule has 0 aliphatic carbocycles. The number of nitrogens with zero attached hydrogens (tertiary/aromatic N) is 5. The van der Waals surface area contributed by atoms with E-state index in [0.717, 1.165) is 27.8 Å². The Labute approximate surface area is 189 Å². The van der Waals surface area contributed by atoms with E-state index in [2.05, 4.69) is 14.9 Å². The minimum Gasteiger partial charge on any atom is -0.292 e. The van der Waals surface area contributed by atoms with E-state index in [1.807, 2.05) is 42.6 Å². The van der Waals surface area contributed by atoms with Gasteiger partial charge in [-0.15, -0.1) is 11.3 Å². The van der Waals surface area contributed by atoms with Gasteiger partial charge in [-0.05, 0) is 61.0 Å². The Bertz CT molecular complexity index is 1230. The van der Waals surface area contributed by atoms with Crippen LogP contribution in [0.25, 0.3) is 0 Å². The fourth-order valence-corrected chi connectivity index (χ4v) is 4.49. The van der Waals surface area contributed by atoms with Crippen LogP contribution in [-0.2, 0) is 0 Å². The molecule has 3 heterocycles. The zero-order valence-corrected chi connectivity index (χ0v) is 18.2. The van der Waals surface area contributed by atoms with Crippen LogP contribution in [0.2, 0.25) is 0 Å². The lowest BCUT2D eigenvalue weighted by atomic mass is 10.1. The number of aromatic nitrogens is 2. The molecule has 2 aromatic carbocycles. The number of hydrogen-bond donors (Lipinski definition) is 0. The summed E-state index contributed by atoms with van der Waals surface area (Å²) >= 11 is 1.54. The van der Waals surface area contributed by atoms with E-state index in [1.54, 1.807) is 51.9 Å². The smallest absolute Gasteiger partial charge is 0.292 e. The fraction of sp³-hybridized carbons (Fsp3) is 0.125. The van der Waals surface area contributed by atoms with Crippen LogP contribution >= 0.6 is 11.3 Å². The molecule has 1 aliphatic rings. The first-order valence-electron chi connectivity index (χ1n) is 10.2. The number of benzene rings is 2. The highest BCUT2D eigenvalue weighted by Crippen LogP contribution is 2.39. The van der Waals surface area contributed by atoms with Gasteiger partial charge in [0.05, 0.1) is 11.4 Å². The number of hydrogen-bond acceptors (Lipinski definition) is 5. The van der Waals surface area contributed by atoms with Crippen LogP contribution in [-0.4, -0.2) is 29.1 Å². The summed E-state index contributed by atoms with van der Waals surface area (Å²) in [5, 5.41) is 2.77. The third kappa shape index (κ3) is 3.69. The van der Waals surface area contributed by atoms with Gasteiger partial charge in [-0.25, -0.2) is 14.2 Å². The Balaban J connectivity index is 1.51. The molecule has 160 valence electrons. The van der Waals surface area contributed by atoms with Crippen molar-refractivity contribution in [2.75, 3.05) is 27.8 Å². The standard InChI is InChI=1S/C24H20FN5OS/c1-17-2-5-21(29-14-13-28(24(29)31)19-6-3-18(25)4-7-19)16-22(17)30(23-27-12-15-32-23)20-8-10-26-11-9-20/h2-12,15-16H,13-14H2,1H3. The molecule has 0 radical (unpaired) electrons. The molecular formula is C24H20FN5OS. The number of carbonyl (C=O) groups is 1. The zero-order valence-electron chi connectivity index (χ0n) is 17.4. The maximum Gasteiger partial charge on any atom is 0.329 e. The molecule has 0 unspecified atom stereocenters. The Hall–Kier alpha value is -3.78. The van der Waals surface area contributed by atoms with Crippen molar-refractivity contribution < 1.29 is 9.18 Å². The number of anilines is 5. The van der Waals surface area contributed by atoms with Crippen molar-refractivity contribution in [3.05, 3.63) is 89.9 Å². The predicted molar refractivity (Wildman–Crippen MR) is 126 cm³/mol. The number of pyridine rings is 1. The van der Waals surface area contributed by atoms with Gasteiger partial charge in [0.1, 0.15) is 5.82 Å². The van der Waals surface area contributed by atoms with E-state index < -0.39 is 0 Å². The van der Waals surface area contributed by atoms with Crippen LogP contribution < -0.4 is 14.7 Å². The molecule has 1 fully saturated rings. The normalized spacial score (nSPS) is 13.6. The number of halogens is 1. The van der Waals surface area contributed by atoms with Crippen molar-refractivity contribution in [1.82, 2.24) is 9.97 Å². The lowest BCUT2D eigenvalue weighted by Crippen LogP contribution is -2.31. The lowest BCUT2D eigenvalue weighted by molar-refractivity contribution is 0.256. The number of urea groups is 1. The summed E-state index contributed by atoms with van der Waals surface area (Å²) in [6.45, 7) is 3.12. The van der Waals surface area contributed by atoms with Crippen molar-refractivity contribution in [2.24, 2.45) is 0 Å². The number of amides is 2. The van der Waals surface area contributed by atoms with E-state index in [9.17, 15) is 9.18 Å². The quantitative estimate of drug-likeness (QED) is 0.384. The van der Waals surface area contributed by atoms with Crippen molar-refractivity contribution in [3.8, 4) is 0 Å². The molecule has 2 amide bonds. The highest BCUT2D eigenvalue weighted by Gasteiger charge is 2.31. The van der Waals surface area contributed by atoms with Crippen LogP contribution in [0.15, 0.2) is 78.6 Å². The van der Waals surface area contributed by atoms with Crippen LogP contribution in [0.5, 0.6) is 0 Å². The van der Waals surface area contributed by atoms with E-state index in [4.69, 9.17) is 0 Å². The molecule has 0 spiro atoms. The molecule has 4 aromatic rings. The molecule has 1 saturated heterocycles. The maximum absolute atomic E-state index is 13.3. The Morgan fingerprint density at radius 3 is 2.31 bits per heavy atom.